The molecule has 0 unspecified atom stereocenters. The monoisotopic (exact) mass is 415 g/mol. The van der Waals surface area contributed by atoms with E-state index in [9.17, 15) is 14.7 Å². The molecule has 0 fully saturated rings. The average Bonchev–Trinajstić information content (AvgIpc) is 2.77. The van der Waals surface area contributed by atoms with Gasteiger partial charge in [-0.3, -0.25) is 4.79 Å². The number of fused-ring (bicyclic) bond motifs is 2. The summed E-state index contributed by atoms with van der Waals surface area (Å²) in [6.45, 7) is 0.354. The number of hydrogen-bond donors (Lipinski definition) is 1. The molecular formula is C23H17N3O5. The van der Waals surface area contributed by atoms with Crippen molar-refractivity contribution in [2.45, 2.75) is 6.42 Å². The molecule has 0 saturated carbocycles. The number of hydrogen-bond acceptors (Lipinski definition) is 6. The minimum atomic E-state index is -0.516. The zero-order valence-electron chi connectivity index (χ0n) is 16.3. The van der Waals surface area contributed by atoms with E-state index in [1.165, 1.54) is 24.3 Å². The number of ether oxygens (including phenoxy) is 1. The van der Waals surface area contributed by atoms with Crippen molar-refractivity contribution in [3.8, 4) is 28.2 Å². The Balaban J connectivity index is 1.86. The van der Waals surface area contributed by atoms with Crippen molar-refractivity contribution < 1.29 is 19.1 Å². The number of esters is 1. The van der Waals surface area contributed by atoms with Gasteiger partial charge in [0.1, 0.15) is 17.1 Å². The minimum Gasteiger partial charge on any atom is -0.508 e. The second kappa shape index (κ2) is 8.61. The van der Waals surface area contributed by atoms with Gasteiger partial charge in [-0.2, -0.15) is 0 Å². The van der Waals surface area contributed by atoms with Gasteiger partial charge >= 0.3 is 5.97 Å². The average molecular weight is 415 g/mol. The van der Waals surface area contributed by atoms with Crippen LogP contribution in [0.5, 0.6) is 5.75 Å². The van der Waals surface area contributed by atoms with Crippen molar-refractivity contribution in [1.29, 1.82) is 0 Å². The Morgan fingerprint density at radius 2 is 1.94 bits per heavy atom. The first-order valence-electron chi connectivity index (χ1n) is 9.55. The highest BCUT2D eigenvalue weighted by Gasteiger charge is 2.22. The third-order valence-corrected chi connectivity index (χ3v) is 4.79. The van der Waals surface area contributed by atoms with Gasteiger partial charge in [0.2, 0.25) is 0 Å². The van der Waals surface area contributed by atoms with Crippen LogP contribution in [0, 0.1) is 0 Å². The Labute approximate surface area is 176 Å². The van der Waals surface area contributed by atoms with Crippen molar-refractivity contribution in [1.82, 2.24) is 0 Å². The predicted molar refractivity (Wildman–Crippen MR) is 115 cm³/mol. The van der Waals surface area contributed by atoms with E-state index in [0.717, 1.165) is 0 Å². The van der Waals surface area contributed by atoms with Crippen LogP contribution in [-0.2, 0) is 4.74 Å². The zero-order chi connectivity index (χ0) is 21.8. The highest BCUT2D eigenvalue weighted by Crippen LogP contribution is 2.41. The fraction of sp³-hybridized carbons (Fsp3) is 0.130. The Hall–Kier alpha value is -4.29. The molecule has 8 heteroatoms. The van der Waals surface area contributed by atoms with Crippen LogP contribution in [0.3, 0.4) is 0 Å². The summed E-state index contributed by atoms with van der Waals surface area (Å²) in [5.41, 5.74) is 10.8. The first kappa shape index (κ1) is 20.0. The van der Waals surface area contributed by atoms with Gasteiger partial charge in [0.15, 0.2) is 5.43 Å². The van der Waals surface area contributed by atoms with E-state index < -0.39 is 5.97 Å². The van der Waals surface area contributed by atoms with Crippen molar-refractivity contribution in [2.24, 2.45) is 5.11 Å². The smallest absolute Gasteiger partial charge is 0.338 e. The molecule has 2 aromatic rings. The van der Waals surface area contributed by atoms with E-state index >= 15 is 0 Å². The number of phenols is 1. The lowest BCUT2D eigenvalue weighted by molar-refractivity contribution is 0.0504. The fourth-order valence-corrected chi connectivity index (χ4v) is 3.45. The van der Waals surface area contributed by atoms with Gasteiger partial charge in [-0.25, -0.2) is 4.79 Å². The first-order valence-corrected chi connectivity index (χ1v) is 9.55. The largest absolute Gasteiger partial charge is 0.508 e. The maximum atomic E-state index is 12.8. The lowest BCUT2D eigenvalue weighted by Gasteiger charge is -2.17. The summed E-state index contributed by atoms with van der Waals surface area (Å²) >= 11 is 0. The molecule has 0 aromatic heterocycles. The highest BCUT2D eigenvalue weighted by atomic mass is 16.5. The van der Waals surface area contributed by atoms with Crippen LogP contribution >= 0.6 is 0 Å². The molecule has 0 spiro atoms. The number of benzene rings is 3. The Bertz CT molecular complexity index is 1360. The fourth-order valence-electron chi connectivity index (χ4n) is 3.45. The van der Waals surface area contributed by atoms with Crippen molar-refractivity contribution in [2.75, 3.05) is 13.2 Å². The van der Waals surface area contributed by atoms with E-state index in [0.29, 0.717) is 45.4 Å². The topological polar surface area (TPSA) is 126 Å². The Morgan fingerprint density at radius 1 is 1.10 bits per heavy atom. The molecule has 8 nitrogen and oxygen atoms in total. The summed E-state index contributed by atoms with van der Waals surface area (Å²) in [6, 6.07) is 16.2. The summed E-state index contributed by atoms with van der Waals surface area (Å²) in [7, 11) is 0. The molecular weight excluding hydrogens is 398 g/mol. The SMILES string of the molecule is [N-]=[N+]=NCCCOC(=O)c1ccccc1-c1c2ccc(=O)cc-2oc2cc(O)ccc12. The van der Waals surface area contributed by atoms with Crippen molar-refractivity contribution in [3.63, 3.8) is 0 Å². The summed E-state index contributed by atoms with van der Waals surface area (Å²) < 4.78 is 11.2. The molecule has 154 valence electrons. The van der Waals surface area contributed by atoms with E-state index in [2.05, 4.69) is 10.0 Å². The third kappa shape index (κ3) is 4.05. The number of carbonyl (C=O) groups excluding carboxylic acids is 1. The van der Waals surface area contributed by atoms with Gasteiger partial charge in [0, 0.05) is 40.1 Å². The molecule has 2 aliphatic rings. The number of rotatable bonds is 6. The lowest BCUT2D eigenvalue weighted by atomic mass is 9.91. The van der Waals surface area contributed by atoms with E-state index in [1.807, 2.05) is 0 Å². The zero-order valence-corrected chi connectivity index (χ0v) is 16.3. The minimum absolute atomic E-state index is 0.0209. The van der Waals surface area contributed by atoms with Gasteiger partial charge in [-0.1, -0.05) is 23.3 Å². The van der Waals surface area contributed by atoms with Crippen molar-refractivity contribution in [3.05, 3.63) is 86.9 Å². The Kier molecular flexibility index (Phi) is 5.55. The number of aromatic hydroxyl groups is 1. The molecule has 0 atom stereocenters. The van der Waals surface area contributed by atoms with Crippen LogP contribution in [0.4, 0.5) is 0 Å². The molecule has 4 rings (SSSR count). The van der Waals surface area contributed by atoms with Gasteiger partial charge in [-0.05, 0) is 47.8 Å². The quantitative estimate of drug-likeness (QED) is 0.117. The molecule has 1 heterocycles. The van der Waals surface area contributed by atoms with Crippen LogP contribution in [-0.4, -0.2) is 24.2 Å². The molecule has 31 heavy (non-hydrogen) atoms. The first-order chi connectivity index (χ1) is 15.1. The molecule has 0 saturated heterocycles. The number of carbonyl (C=O) groups is 1. The molecule has 1 aliphatic heterocycles. The van der Waals surface area contributed by atoms with Crippen molar-refractivity contribution >= 4 is 16.9 Å². The Morgan fingerprint density at radius 3 is 2.77 bits per heavy atom. The molecule has 2 aromatic carbocycles. The molecule has 0 radical (unpaired) electrons. The third-order valence-electron chi connectivity index (χ3n) is 4.79. The number of nitrogens with zero attached hydrogens (tertiary/aromatic N) is 3. The number of azide groups is 1. The van der Waals surface area contributed by atoms with Crippen LogP contribution in [0.15, 0.2) is 75.0 Å². The summed E-state index contributed by atoms with van der Waals surface area (Å²) in [4.78, 5) is 27.4. The molecule has 0 amide bonds. The van der Waals surface area contributed by atoms with E-state index in [1.54, 1.807) is 36.4 Å². The lowest BCUT2D eigenvalue weighted by Crippen LogP contribution is -2.09. The van der Waals surface area contributed by atoms with Crippen LogP contribution in [0.2, 0.25) is 0 Å². The molecule has 1 N–H and O–H groups in total. The summed E-state index contributed by atoms with van der Waals surface area (Å²) in [6.07, 6.45) is 0.416. The number of phenolic OH excluding ortho intramolecular Hbond substituents is 1. The second-order valence-corrected chi connectivity index (χ2v) is 6.81. The maximum Gasteiger partial charge on any atom is 0.338 e. The van der Waals surface area contributed by atoms with E-state index in [4.69, 9.17) is 14.7 Å². The second-order valence-electron chi connectivity index (χ2n) is 6.81. The summed E-state index contributed by atoms with van der Waals surface area (Å²) in [5, 5.41) is 14.0. The summed E-state index contributed by atoms with van der Waals surface area (Å²) in [5.74, 6) is -0.150. The van der Waals surface area contributed by atoms with E-state index in [-0.39, 0.29) is 24.3 Å². The van der Waals surface area contributed by atoms with Crippen LogP contribution < -0.4 is 5.43 Å². The highest BCUT2D eigenvalue weighted by molar-refractivity contribution is 6.07. The van der Waals surface area contributed by atoms with Gasteiger partial charge in [-0.15, -0.1) is 0 Å². The van der Waals surface area contributed by atoms with Gasteiger partial charge in [0.25, 0.3) is 0 Å². The standard InChI is InChI=1S/C23H17N3O5/c24-26-25-10-3-11-30-23(29)17-5-2-1-4-16(17)22-18-8-6-14(27)12-20(18)31-21-13-15(28)7-9-19(21)22/h1-2,4-9,12-13,27H,3,10-11H2. The normalized spacial score (nSPS) is 10.7. The maximum absolute atomic E-state index is 12.8. The van der Waals surface area contributed by atoms with Crippen LogP contribution in [0.25, 0.3) is 43.9 Å². The molecule has 0 bridgehead atoms. The molecule has 1 aliphatic carbocycles. The van der Waals surface area contributed by atoms with Crippen LogP contribution in [0.1, 0.15) is 16.8 Å². The van der Waals surface area contributed by atoms with Gasteiger partial charge < -0.3 is 14.3 Å². The van der Waals surface area contributed by atoms with Gasteiger partial charge in [0.05, 0.1) is 12.2 Å². The predicted octanol–water partition coefficient (Wildman–Crippen LogP) is 5.13.